The van der Waals surface area contributed by atoms with E-state index in [4.69, 9.17) is 5.73 Å². The van der Waals surface area contributed by atoms with Crippen molar-refractivity contribution in [3.8, 4) is 0 Å². The molecule has 0 amide bonds. The number of benzene rings is 1. The van der Waals surface area contributed by atoms with Gasteiger partial charge in [0.2, 0.25) is 0 Å². The third-order valence-electron chi connectivity index (χ3n) is 3.32. The van der Waals surface area contributed by atoms with Crippen LogP contribution in [0.2, 0.25) is 0 Å². The summed E-state index contributed by atoms with van der Waals surface area (Å²) in [5, 5.41) is 0. The van der Waals surface area contributed by atoms with E-state index in [0.717, 1.165) is 18.7 Å². The zero-order valence-electron chi connectivity index (χ0n) is 10.5. The van der Waals surface area contributed by atoms with Crippen molar-refractivity contribution in [3.63, 3.8) is 0 Å². The second kappa shape index (κ2) is 5.91. The molecule has 2 N–H and O–H groups in total. The van der Waals surface area contributed by atoms with E-state index in [1.54, 1.807) is 12.1 Å². The van der Waals surface area contributed by atoms with E-state index in [9.17, 15) is 8.60 Å². The van der Waals surface area contributed by atoms with Gasteiger partial charge >= 0.3 is 0 Å². The zero-order chi connectivity index (χ0) is 13.1. The molecular weight excluding hydrogens is 251 g/mol. The van der Waals surface area contributed by atoms with Gasteiger partial charge in [-0.05, 0) is 24.6 Å². The predicted octanol–water partition coefficient (Wildman–Crippen LogP) is 1.28. The summed E-state index contributed by atoms with van der Waals surface area (Å²) in [4.78, 5) is 2.25. The van der Waals surface area contributed by atoms with Crippen LogP contribution in [-0.2, 0) is 10.8 Å². The third-order valence-corrected chi connectivity index (χ3v) is 4.59. The Kier molecular flexibility index (Phi) is 4.48. The van der Waals surface area contributed by atoms with Crippen LogP contribution in [0.3, 0.4) is 0 Å². The molecule has 0 aromatic heterocycles. The summed E-state index contributed by atoms with van der Waals surface area (Å²) in [5.74, 6) is 1.16. The lowest BCUT2D eigenvalue weighted by Gasteiger charge is -2.36. The number of halogens is 1. The van der Waals surface area contributed by atoms with Crippen LogP contribution >= 0.6 is 0 Å². The molecule has 1 fully saturated rings. The Morgan fingerprint density at radius 3 is 2.33 bits per heavy atom. The molecule has 5 heteroatoms. The standard InChI is InChI=1S/C13H19FN2OS/c1-10(15)13(11-2-4-12(14)5-3-11)16-6-8-18(17)9-7-16/h2-5,10,13H,6-9,15H2,1H3. The van der Waals surface area contributed by atoms with Crippen LogP contribution in [0.1, 0.15) is 18.5 Å². The summed E-state index contributed by atoms with van der Waals surface area (Å²) in [6, 6.07) is 6.54. The van der Waals surface area contributed by atoms with Crippen LogP contribution in [-0.4, -0.2) is 39.7 Å². The fourth-order valence-corrected chi connectivity index (χ4v) is 3.52. The molecule has 1 aromatic rings. The van der Waals surface area contributed by atoms with Gasteiger partial charge in [0.05, 0.1) is 0 Å². The van der Waals surface area contributed by atoms with Crippen molar-refractivity contribution < 1.29 is 8.60 Å². The number of nitrogens with two attached hydrogens (primary N) is 1. The summed E-state index contributed by atoms with van der Waals surface area (Å²) in [6.45, 7) is 3.53. The van der Waals surface area contributed by atoms with E-state index in [2.05, 4.69) is 4.90 Å². The number of hydrogen-bond donors (Lipinski definition) is 1. The van der Waals surface area contributed by atoms with Crippen molar-refractivity contribution in [3.05, 3.63) is 35.6 Å². The van der Waals surface area contributed by atoms with Crippen LogP contribution in [0.25, 0.3) is 0 Å². The van der Waals surface area contributed by atoms with E-state index in [-0.39, 0.29) is 17.9 Å². The second-order valence-corrected chi connectivity index (χ2v) is 6.44. The summed E-state index contributed by atoms with van der Waals surface area (Å²) >= 11 is 0. The minimum absolute atomic E-state index is 0.0398. The highest BCUT2D eigenvalue weighted by Gasteiger charge is 2.27. The minimum atomic E-state index is -0.693. The Labute approximate surface area is 110 Å². The van der Waals surface area contributed by atoms with E-state index in [1.165, 1.54) is 12.1 Å². The smallest absolute Gasteiger partial charge is 0.123 e. The predicted molar refractivity (Wildman–Crippen MR) is 72.2 cm³/mol. The number of hydrogen-bond acceptors (Lipinski definition) is 3. The summed E-state index contributed by atoms with van der Waals surface area (Å²) in [5.41, 5.74) is 7.09. The summed E-state index contributed by atoms with van der Waals surface area (Å²) in [7, 11) is -0.693. The maximum absolute atomic E-state index is 13.0. The van der Waals surface area contributed by atoms with Gasteiger partial charge in [0.1, 0.15) is 5.82 Å². The average Bonchev–Trinajstić information content (AvgIpc) is 2.34. The molecule has 1 heterocycles. The van der Waals surface area contributed by atoms with E-state index < -0.39 is 10.8 Å². The Bertz CT molecular complexity index is 412. The molecule has 2 rings (SSSR count). The highest BCUT2D eigenvalue weighted by atomic mass is 32.2. The number of rotatable bonds is 3. The molecule has 0 aliphatic carbocycles. The molecule has 18 heavy (non-hydrogen) atoms. The van der Waals surface area contributed by atoms with E-state index in [0.29, 0.717) is 11.5 Å². The molecule has 100 valence electrons. The first-order valence-corrected chi connectivity index (χ1v) is 7.67. The topological polar surface area (TPSA) is 46.3 Å². The Hall–Kier alpha value is -0.780. The summed E-state index contributed by atoms with van der Waals surface area (Å²) < 4.78 is 24.3. The largest absolute Gasteiger partial charge is 0.326 e. The monoisotopic (exact) mass is 270 g/mol. The average molecular weight is 270 g/mol. The first-order chi connectivity index (χ1) is 8.58. The normalized spacial score (nSPS) is 21.7. The van der Waals surface area contributed by atoms with Crippen molar-refractivity contribution in [1.82, 2.24) is 4.90 Å². The lowest BCUT2D eigenvalue weighted by atomic mass is 9.99. The molecule has 2 atom stereocenters. The number of nitrogens with zero attached hydrogens (tertiary/aromatic N) is 1. The Morgan fingerprint density at radius 2 is 1.83 bits per heavy atom. The maximum atomic E-state index is 13.0. The highest BCUT2D eigenvalue weighted by molar-refractivity contribution is 7.85. The SMILES string of the molecule is CC(N)C(c1ccc(F)cc1)N1CCS(=O)CC1. The molecule has 2 unspecified atom stereocenters. The van der Waals surface area contributed by atoms with Gasteiger partial charge in [0, 0.05) is 47.5 Å². The molecule has 1 saturated heterocycles. The zero-order valence-corrected chi connectivity index (χ0v) is 11.3. The third kappa shape index (κ3) is 3.16. The minimum Gasteiger partial charge on any atom is -0.326 e. The van der Waals surface area contributed by atoms with Crippen molar-refractivity contribution in [1.29, 1.82) is 0 Å². The molecule has 0 bridgehead atoms. The van der Waals surface area contributed by atoms with E-state index >= 15 is 0 Å². The fraction of sp³-hybridized carbons (Fsp3) is 0.538. The van der Waals surface area contributed by atoms with Crippen LogP contribution in [0.4, 0.5) is 4.39 Å². The van der Waals surface area contributed by atoms with Gasteiger partial charge in [0.15, 0.2) is 0 Å². The molecule has 1 aliphatic heterocycles. The second-order valence-electron chi connectivity index (χ2n) is 4.74. The Balaban J connectivity index is 2.17. The highest BCUT2D eigenvalue weighted by Crippen LogP contribution is 2.25. The van der Waals surface area contributed by atoms with Crippen LogP contribution in [0.15, 0.2) is 24.3 Å². The molecule has 0 radical (unpaired) electrons. The molecule has 0 spiro atoms. The molecule has 0 saturated carbocycles. The van der Waals surface area contributed by atoms with Gasteiger partial charge in [-0.3, -0.25) is 9.11 Å². The maximum Gasteiger partial charge on any atom is 0.123 e. The first kappa shape index (κ1) is 13.6. The van der Waals surface area contributed by atoms with Gasteiger partial charge in [-0.2, -0.15) is 0 Å². The van der Waals surface area contributed by atoms with Gasteiger partial charge < -0.3 is 5.73 Å². The van der Waals surface area contributed by atoms with Gasteiger partial charge in [-0.15, -0.1) is 0 Å². The van der Waals surface area contributed by atoms with Crippen molar-refractivity contribution in [2.75, 3.05) is 24.6 Å². The van der Waals surface area contributed by atoms with Crippen LogP contribution < -0.4 is 5.73 Å². The van der Waals surface area contributed by atoms with E-state index in [1.807, 2.05) is 6.92 Å². The van der Waals surface area contributed by atoms with Gasteiger partial charge in [-0.1, -0.05) is 12.1 Å². The van der Waals surface area contributed by atoms with Crippen molar-refractivity contribution in [2.45, 2.75) is 19.0 Å². The lowest BCUT2D eigenvalue weighted by Crippen LogP contribution is -2.46. The summed E-state index contributed by atoms with van der Waals surface area (Å²) in [6.07, 6.45) is 0. The Morgan fingerprint density at radius 1 is 1.28 bits per heavy atom. The van der Waals surface area contributed by atoms with Crippen molar-refractivity contribution >= 4 is 10.8 Å². The lowest BCUT2D eigenvalue weighted by molar-refractivity contribution is 0.193. The van der Waals surface area contributed by atoms with Crippen molar-refractivity contribution in [2.24, 2.45) is 5.73 Å². The quantitative estimate of drug-likeness (QED) is 0.900. The first-order valence-electron chi connectivity index (χ1n) is 6.18. The molecular formula is C13H19FN2OS. The van der Waals surface area contributed by atoms with Crippen LogP contribution in [0, 0.1) is 5.82 Å². The fourth-order valence-electron chi connectivity index (χ4n) is 2.44. The molecule has 1 aliphatic rings. The molecule has 3 nitrogen and oxygen atoms in total. The van der Waals surface area contributed by atoms with Gasteiger partial charge in [-0.25, -0.2) is 4.39 Å². The van der Waals surface area contributed by atoms with Crippen LogP contribution in [0.5, 0.6) is 0 Å². The van der Waals surface area contributed by atoms with Gasteiger partial charge in [0.25, 0.3) is 0 Å². The molecule has 1 aromatic carbocycles.